The molecule has 3 rings (SSSR count). The van der Waals surface area contributed by atoms with Crippen molar-refractivity contribution in [3.63, 3.8) is 0 Å². The van der Waals surface area contributed by atoms with Crippen LogP contribution >= 0.6 is 23.2 Å². The van der Waals surface area contributed by atoms with Crippen molar-refractivity contribution < 1.29 is 14.3 Å². The van der Waals surface area contributed by atoms with Crippen LogP contribution in [0.5, 0.6) is 5.75 Å². The highest BCUT2D eigenvalue weighted by Crippen LogP contribution is 2.20. The van der Waals surface area contributed by atoms with E-state index in [4.69, 9.17) is 27.9 Å². The fraction of sp³-hybridized carbons (Fsp3) is 0.300. The van der Waals surface area contributed by atoms with E-state index in [0.717, 1.165) is 18.8 Å². The molecule has 2 amide bonds. The van der Waals surface area contributed by atoms with E-state index in [-0.39, 0.29) is 25.0 Å². The van der Waals surface area contributed by atoms with Gasteiger partial charge in [-0.05, 0) is 42.5 Å². The van der Waals surface area contributed by atoms with Gasteiger partial charge in [0.25, 0.3) is 5.91 Å². The predicted octanol–water partition coefficient (Wildman–Crippen LogP) is 2.84. The first-order chi connectivity index (χ1) is 13.5. The number of hydrogen-bond acceptors (Lipinski definition) is 4. The summed E-state index contributed by atoms with van der Waals surface area (Å²) in [6, 6.07) is 14.4. The average Bonchev–Trinajstić information content (AvgIpc) is 2.71. The fourth-order valence-electron chi connectivity index (χ4n) is 2.90. The Morgan fingerprint density at radius 3 is 2.36 bits per heavy atom. The normalized spacial score (nSPS) is 13.9. The van der Waals surface area contributed by atoms with Gasteiger partial charge in [0, 0.05) is 41.9 Å². The van der Waals surface area contributed by atoms with Crippen molar-refractivity contribution in [3.05, 3.63) is 58.6 Å². The Morgan fingerprint density at radius 2 is 1.68 bits per heavy atom. The number of carbonyl (C=O) groups is 2. The van der Waals surface area contributed by atoms with Crippen LogP contribution in [0.4, 0.5) is 5.69 Å². The number of piperazine rings is 1. The molecular formula is C20H21Cl2N3O3. The van der Waals surface area contributed by atoms with E-state index < -0.39 is 0 Å². The maximum Gasteiger partial charge on any atom is 0.258 e. The summed E-state index contributed by atoms with van der Waals surface area (Å²) in [6.45, 7) is 2.45. The summed E-state index contributed by atoms with van der Waals surface area (Å²) in [5.74, 6) is 0.0921. The minimum Gasteiger partial charge on any atom is -0.484 e. The number of ether oxygens (including phenoxy) is 1. The number of benzene rings is 2. The van der Waals surface area contributed by atoms with Crippen LogP contribution in [-0.4, -0.2) is 56.0 Å². The summed E-state index contributed by atoms with van der Waals surface area (Å²) in [6.07, 6.45) is 0. The molecular weight excluding hydrogens is 401 g/mol. The molecule has 0 bridgehead atoms. The van der Waals surface area contributed by atoms with Crippen molar-refractivity contribution in [2.45, 2.75) is 0 Å². The topological polar surface area (TPSA) is 61.9 Å². The molecule has 1 saturated heterocycles. The summed E-state index contributed by atoms with van der Waals surface area (Å²) in [5, 5.41) is 3.89. The van der Waals surface area contributed by atoms with Crippen LogP contribution in [0.15, 0.2) is 48.5 Å². The lowest BCUT2D eigenvalue weighted by Gasteiger charge is -2.36. The fourth-order valence-corrected chi connectivity index (χ4v) is 3.21. The molecule has 148 valence electrons. The van der Waals surface area contributed by atoms with Gasteiger partial charge in [-0.1, -0.05) is 29.3 Å². The van der Waals surface area contributed by atoms with Crippen LogP contribution in [0.25, 0.3) is 0 Å². The van der Waals surface area contributed by atoms with Gasteiger partial charge >= 0.3 is 0 Å². The summed E-state index contributed by atoms with van der Waals surface area (Å²) in [7, 11) is 0. The third-order valence-corrected chi connectivity index (χ3v) is 4.91. The average molecular weight is 422 g/mol. The molecule has 1 aliphatic rings. The first-order valence-corrected chi connectivity index (χ1v) is 9.70. The smallest absolute Gasteiger partial charge is 0.258 e. The zero-order valence-corrected chi connectivity index (χ0v) is 16.7. The van der Waals surface area contributed by atoms with Gasteiger partial charge in [-0.15, -0.1) is 0 Å². The van der Waals surface area contributed by atoms with Gasteiger partial charge in [0.2, 0.25) is 5.91 Å². The molecule has 2 aromatic rings. The van der Waals surface area contributed by atoms with E-state index in [0.29, 0.717) is 28.9 Å². The highest BCUT2D eigenvalue weighted by Gasteiger charge is 2.21. The van der Waals surface area contributed by atoms with Crippen LogP contribution in [0.1, 0.15) is 0 Å². The minimum atomic E-state index is -0.346. The zero-order chi connectivity index (χ0) is 19.9. The van der Waals surface area contributed by atoms with Crippen molar-refractivity contribution in [3.8, 4) is 5.75 Å². The van der Waals surface area contributed by atoms with Gasteiger partial charge in [-0.25, -0.2) is 0 Å². The zero-order valence-electron chi connectivity index (χ0n) is 15.2. The van der Waals surface area contributed by atoms with Crippen molar-refractivity contribution in [1.82, 2.24) is 10.2 Å². The molecule has 0 aromatic heterocycles. The molecule has 1 heterocycles. The first-order valence-electron chi connectivity index (χ1n) is 8.94. The number of anilines is 1. The summed E-state index contributed by atoms with van der Waals surface area (Å²) in [5.41, 5.74) is 1.05. The Balaban J connectivity index is 1.38. The molecule has 8 heteroatoms. The summed E-state index contributed by atoms with van der Waals surface area (Å²) < 4.78 is 5.36. The van der Waals surface area contributed by atoms with Gasteiger partial charge in [0.05, 0.1) is 6.54 Å². The van der Waals surface area contributed by atoms with Crippen molar-refractivity contribution in [2.24, 2.45) is 0 Å². The van der Waals surface area contributed by atoms with E-state index >= 15 is 0 Å². The number of amides is 2. The summed E-state index contributed by atoms with van der Waals surface area (Å²) >= 11 is 11.8. The molecule has 0 atom stereocenters. The van der Waals surface area contributed by atoms with Crippen molar-refractivity contribution in [1.29, 1.82) is 0 Å². The van der Waals surface area contributed by atoms with Crippen LogP contribution in [0, 0.1) is 0 Å². The van der Waals surface area contributed by atoms with Crippen LogP contribution in [-0.2, 0) is 9.59 Å². The van der Waals surface area contributed by atoms with E-state index in [1.807, 2.05) is 24.3 Å². The van der Waals surface area contributed by atoms with E-state index in [1.165, 1.54) is 0 Å². The standard InChI is InChI=1S/C20H21Cl2N3O3/c21-15-4-6-18(7-5-15)28-14-19(26)23-13-20(27)25-10-8-24(9-11-25)17-3-1-2-16(22)12-17/h1-7,12H,8-11,13-14H2,(H,23,26). The number of nitrogens with zero attached hydrogens (tertiary/aromatic N) is 2. The third kappa shape index (κ3) is 5.78. The number of carbonyl (C=O) groups excluding carboxylic acids is 2. The highest BCUT2D eigenvalue weighted by atomic mass is 35.5. The molecule has 6 nitrogen and oxygen atoms in total. The Morgan fingerprint density at radius 1 is 0.964 bits per heavy atom. The Labute approximate surface area is 174 Å². The Hall–Kier alpha value is -2.44. The molecule has 28 heavy (non-hydrogen) atoms. The molecule has 0 unspecified atom stereocenters. The lowest BCUT2D eigenvalue weighted by molar-refractivity contribution is -0.133. The maximum atomic E-state index is 12.3. The minimum absolute atomic E-state index is 0.0417. The molecule has 2 aromatic carbocycles. The number of hydrogen-bond donors (Lipinski definition) is 1. The van der Waals surface area contributed by atoms with Gasteiger partial charge in [-0.3, -0.25) is 9.59 Å². The SMILES string of the molecule is O=C(COc1ccc(Cl)cc1)NCC(=O)N1CCN(c2cccc(Cl)c2)CC1. The molecule has 1 N–H and O–H groups in total. The maximum absolute atomic E-state index is 12.3. The number of nitrogens with one attached hydrogen (secondary N) is 1. The van der Waals surface area contributed by atoms with E-state index in [1.54, 1.807) is 29.2 Å². The van der Waals surface area contributed by atoms with Crippen LogP contribution in [0.3, 0.4) is 0 Å². The highest BCUT2D eigenvalue weighted by molar-refractivity contribution is 6.31. The van der Waals surface area contributed by atoms with Crippen LogP contribution in [0.2, 0.25) is 10.0 Å². The predicted molar refractivity (Wildman–Crippen MR) is 110 cm³/mol. The van der Waals surface area contributed by atoms with E-state index in [2.05, 4.69) is 10.2 Å². The van der Waals surface area contributed by atoms with E-state index in [9.17, 15) is 9.59 Å². The molecule has 1 aliphatic heterocycles. The van der Waals surface area contributed by atoms with Gasteiger partial charge in [0.15, 0.2) is 6.61 Å². The second-order valence-electron chi connectivity index (χ2n) is 6.37. The van der Waals surface area contributed by atoms with Crippen molar-refractivity contribution >= 4 is 40.7 Å². The van der Waals surface area contributed by atoms with Crippen molar-refractivity contribution in [2.75, 3.05) is 44.2 Å². The monoisotopic (exact) mass is 421 g/mol. The quantitative estimate of drug-likeness (QED) is 0.778. The number of halogens is 2. The first kappa shape index (κ1) is 20.3. The van der Waals surface area contributed by atoms with Gasteiger partial charge in [-0.2, -0.15) is 0 Å². The number of rotatable bonds is 6. The summed E-state index contributed by atoms with van der Waals surface area (Å²) in [4.78, 5) is 28.2. The van der Waals surface area contributed by atoms with Gasteiger partial charge in [0.1, 0.15) is 5.75 Å². The lowest BCUT2D eigenvalue weighted by atomic mass is 10.2. The second kappa shape index (κ2) is 9.66. The second-order valence-corrected chi connectivity index (χ2v) is 7.24. The molecule has 0 spiro atoms. The molecule has 0 saturated carbocycles. The third-order valence-electron chi connectivity index (χ3n) is 4.43. The molecule has 0 radical (unpaired) electrons. The molecule has 0 aliphatic carbocycles. The largest absolute Gasteiger partial charge is 0.484 e. The van der Waals surface area contributed by atoms with Crippen LogP contribution < -0.4 is 15.0 Å². The van der Waals surface area contributed by atoms with Gasteiger partial charge < -0.3 is 19.9 Å². The Bertz CT molecular complexity index is 822. The lowest BCUT2D eigenvalue weighted by Crippen LogP contribution is -2.51. The Kier molecular flexibility index (Phi) is 7.01. The molecule has 1 fully saturated rings.